The van der Waals surface area contributed by atoms with E-state index in [4.69, 9.17) is 16.3 Å². The fourth-order valence-electron chi connectivity index (χ4n) is 2.85. The highest BCUT2D eigenvalue weighted by Crippen LogP contribution is 2.31. The van der Waals surface area contributed by atoms with Crippen molar-refractivity contribution in [1.82, 2.24) is 9.88 Å². The van der Waals surface area contributed by atoms with Crippen molar-refractivity contribution in [2.45, 2.75) is 6.92 Å². The lowest BCUT2D eigenvalue weighted by Gasteiger charge is -2.36. The number of rotatable bonds is 3. The minimum atomic E-state index is -0.130. The molecule has 0 bridgehead atoms. The molecule has 0 saturated carbocycles. The molecule has 0 spiro atoms. The van der Waals surface area contributed by atoms with E-state index in [2.05, 4.69) is 15.2 Å². The molecule has 1 fully saturated rings. The number of halogens is 1. The zero-order chi connectivity index (χ0) is 17.8. The van der Waals surface area contributed by atoms with E-state index < -0.39 is 0 Å². The van der Waals surface area contributed by atoms with Crippen molar-refractivity contribution in [1.29, 1.82) is 0 Å². The number of hydrogen-bond donors (Lipinski definition) is 1. The van der Waals surface area contributed by atoms with Crippen molar-refractivity contribution in [3.8, 4) is 5.75 Å². The van der Waals surface area contributed by atoms with Gasteiger partial charge in [-0.15, -0.1) is 0 Å². The van der Waals surface area contributed by atoms with Crippen LogP contribution in [0.15, 0.2) is 36.7 Å². The maximum Gasteiger partial charge on any atom is 0.322 e. The molecule has 3 rings (SSSR count). The highest BCUT2D eigenvalue weighted by molar-refractivity contribution is 6.31. The van der Waals surface area contributed by atoms with E-state index in [0.29, 0.717) is 29.5 Å². The van der Waals surface area contributed by atoms with Crippen molar-refractivity contribution in [2.75, 3.05) is 43.5 Å². The molecule has 1 N–H and O–H groups in total. The Balaban J connectivity index is 1.63. The van der Waals surface area contributed by atoms with Crippen molar-refractivity contribution >= 4 is 29.0 Å². The van der Waals surface area contributed by atoms with Crippen LogP contribution < -0.4 is 15.0 Å². The number of aryl methyl sites for hydroxylation is 1. The van der Waals surface area contributed by atoms with Gasteiger partial charge in [-0.25, -0.2) is 4.79 Å². The standard InChI is InChI=1S/C18H21ClN4O2/c1-13-11-16(17(25-2)12-15(13)19)21-18(24)23-9-7-22(8-10-23)14-3-5-20-6-4-14/h3-6,11-12H,7-10H2,1-2H3,(H,21,24). The second kappa shape index (κ2) is 7.61. The Kier molecular flexibility index (Phi) is 5.28. The van der Waals surface area contributed by atoms with Gasteiger partial charge in [-0.05, 0) is 30.7 Å². The third kappa shape index (κ3) is 3.96. The van der Waals surface area contributed by atoms with E-state index in [1.165, 1.54) is 0 Å². The quantitative estimate of drug-likeness (QED) is 0.911. The molecule has 7 heteroatoms. The fraction of sp³-hybridized carbons (Fsp3) is 0.333. The largest absolute Gasteiger partial charge is 0.495 e. The number of nitrogens with zero attached hydrogens (tertiary/aromatic N) is 3. The molecule has 2 amide bonds. The van der Waals surface area contributed by atoms with E-state index in [1.807, 2.05) is 25.1 Å². The molecule has 1 aliphatic heterocycles. The Labute approximate surface area is 152 Å². The summed E-state index contributed by atoms with van der Waals surface area (Å²) in [5.74, 6) is 0.555. The maximum atomic E-state index is 12.6. The monoisotopic (exact) mass is 360 g/mol. The van der Waals surface area contributed by atoms with Gasteiger partial charge in [0.15, 0.2) is 0 Å². The van der Waals surface area contributed by atoms with Gasteiger partial charge in [-0.3, -0.25) is 4.98 Å². The third-order valence-electron chi connectivity index (χ3n) is 4.32. The number of carbonyl (C=O) groups is 1. The molecular weight excluding hydrogens is 340 g/mol. The molecule has 2 heterocycles. The van der Waals surface area contributed by atoms with Crippen LogP contribution >= 0.6 is 11.6 Å². The number of nitrogens with one attached hydrogen (secondary N) is 1. The van der Waals surface area contributed by atoms with Gasteiger partial charge in [0, 0.05) is 55.3 Å². The van der Waals surface area contributed by atoms with Gasteiger partial charge in [-0.2, -0.15) is 0 Å². The second-order valence-corrected chi connectivity index (χ2v) is 6.32. The summed E-state index contributed by atoms with van der Waals surface area (Å²) in [5, 5.41) is 3.54. The predicted molar refractivity (Wildman–Crippen MR) is 99.8 cm³/mol. The molecule has 0 unspecified atom stereocenters. The number of urea groups is 1. The molecule has 1 aromatic heterocycles. The summed E-state index contributed by atoms with van der Waals surface area (Å²) in [7, 11) is 1.56. The molecule has 0 atom stereocenters. The predicted octanol–water partition coefficient (Wildman–Crippen LogP) is 3.41. The Morgan fingerprint density at radius 2 is 1.88 bits per heavy atom. The lowest BCUT2D eigenvalue weighted by molar-refractivity contribution is 0.208. The van der Waals surface area contributed by atoms with Crippen molar-refractivity contribution in [2.24, 2.45) is 0 Å². The molecule has 0 radical (unpaired) electrons. The van der Waals surface area contributed by atoms with Crippen LogP contribution in [0.3, 0.4) is 0 Å². The summed E-state index contributed by atoms with van der Waals surface area (Å²) in [6, 6.07) is 7.38. The summed E-state index contributed by atoms with van der Waals surface area (Å²) < 4.78 is 5.31. The Morgan fingerprint density at radius 3 is 2.52 bits per heavy atom. The van der Waals surface area contributed by atoms with Crippen LogP contribution in [0.2, 0.25) is 5.02 Å². The van der Waals surface area contributed by atoms with Gasteiger partial charge < -0.3 is 19.9 Å². The zero-order valence-corrected chi connectivity index (χ0v) is 15.1. The van der Waals surface area contributed by atoms with E-state index in [9.17, 15) is 4.79 Å². The SMILES string of the molecule is COc1cc(Cl)c(C)cc1NC(=O)N1CCN(c2ccncc2)CC1. The van der Waals surface area contributed by atoms with Gasteiger partial charge >= 0.3 is 6.03 Å². The average Bonchev–Trinajstić information content (AvgIpc) is 2.65. The summed E-state index contributed by atoms with van der Waals surface area (Å²) in [6.07, 6.45) is 3.56. The van der Waals surface area contributed by atoms with Crippen LogP contribution in [-0.4, -0.2) is 49.2 Å². The summed E-state index contributed by atoms with van der Waals surface area (Å²) in [4.78, 5) is 20.7. The molecule has 1 saturated heterocycles. The van der Waals surface area contributed by atoms with E-state index >= 15 is 0 Å². The van der Waals surface area contributed by atoms with Gasteiger partial charge in [0.1, 0.15) is 5.75 Å². The van der Waals surface area contributed by atoms with E-state index in [0.717, 1.165) is 24.3 Å². The summed E-state index contributed by atoms with van der Waals surface area (Å²) in [5.41, 5.74) is 2.65. The van der Waals surface area contributed by atoms with Crippen LogP contribution in [0.4, 0.5) is 16.2 Å². The minimum absolute atomic E-state index is 0.130. The fourth-order valence-corrected chi connectivity index (χ4v) is 3.00. The number of pyridine rings is 1. The number of hydrogen-bond acceptors (Lipinski definition) is 4. The van der Waals surface area contributed by atoms with Crippen LogP contribution in [0, 0.1) is 6.92 Å². The topological polar surface area (TPSA) is 57.7 Å². The van der Waals surface area contributed by atoms with Crippen LogP contribution in [0.25, 0.3) is 0 Å². The number of benzene rings is 1. The second-order valence-electron chi connectivity index (χ2n) is 5.91. The molecule has 2 aromatic rings. The van der Waals surface area contributed by atoms with E-state index in [1.54, 1.807) is 30.5 Å². The number of carbonyl (C=O) groups excluding carboxylic acids is 1. The molecule has 1 aromatic carbocycles. The number of methoxy groups -OCH3 is 1. The minimum Gasteiger partial charge on any atom is -0.495 e. The zero-order valence-electron chi connectivity index (χ0n) is 14.3. The lowest BCUT2D eigenvalue weighted by atomic mass is 10.2. The highest BCUT2D eigenvalue weighted by atomic mass is 35.5. The van der Waals surface area contributed by atoms with Gasteiger partial charge in [0.25, 0.3) is 0 Å². The van der Waals surface area contributed by atoms with Crippen LogP contribution in [0.1, 0.15) is 5.56 Å². The molecule has 132 valence electrons. The molecule has 6 nitrogen and oxygen atoms in total. The molecule has 0 aliphatic carbocycles. The maximum absolute atomic E-state index is 12.6. The Morgan fingerprint density at radius 1 is 1.20 bits per heavy atom. The Hall–Kier alpha value is -2.47. The average molecular weight is 361 g/mol. The first-order chi connectivity index (χ1) is 12.1. The number of amides is 2. The van der Waals surface area contributed by atoms with Gasteiger partial charge in [0.2, 0.25) is 0 Å². The number of aromatic nitrogens is 1. The third-order valence-corrected chi connectivity index (χ3v) is 4.72. The van der Waals surface area contributed by atoms with Crippen LogP contribution in [0.5, 0.6) is 5.75 Å². The van der Waals surface area contributed by atoms with Gasteiger partial charge in [0.05, 0.1) is 12.8 Å². The van der Waals surface area contributed by atoms with Crippen molar-refractivity contribution in [3.63, 3.8) is 0 Å². The molecule has 1 aliphatic rings. The summed E-state index contributed by atoms with van der Waals surface area (Å²) in [6.45, 7) is 4.78. The summed E-state index contributed by atoms with van der Waals surface area (Å²) >= 11 is 6.11. The smallest absolute Gasteiger partial charge is 0.322 e. The first-order valence-corrected chi connectivity index (χ1v) is 8.51. The Bertz CT molecular complexity index is 746. The lowest BCUT2D eigenvalue weighted by Crippen LogP contribution is -2.50. The molecule has 25 heavy (non-hydrogen) atoms. The molecular formula is C18H21ClN4O2. The van der Waals surface area contributed by atoms with Crippen LogP contribution in [-0.2, 0) is 0 Å². The van der Waals surface area contributed by atoms with Crippen molar-refractivity contribution < 1.29 is 9.53 Å². The van der Waals surface area contributed by atoms with E-state index in [-0.39, 0.29) is 6.03 Å². The first kappa shape index (κ1) is 17.4. The number of ether oxygens (including phenoxy) is 1. The van der Waals surface area contributed by atoms with Gasteiger partial charge in [-0.1, -0.05) is 11.6 Å². The first-order valence-electron chi connectivity index (χ1n) is 8.13. The van der Waals surface area contributed by atoms with Crippen molar-refractivity contribution in [3.05, 3.63) is 47.2 Å². The highest BCUT2D eigenvalue weighted by Gasteiger charge is 2.22. The number of anilines is 2. The normalized spacial score (nSPS) is 14.4. The number of piperazine rings is 1.